The third-order valence-corrected chi connectivity index (χ3v) is 1.59. The topological polar surface area (TPSA) is 46.5 Å². The number of carbonyl (C=O) groups is 1. The molecule has 0 saturated heterocycles. The number of carboxylic acids is 1. The van der Waals surface area contributed by atoms with Gasteiger partial charge in [-0.2, -0.15) is 0 Å². The second-order valence-electron chi connectivity index (χ2n) is 2.67. The van der Waals surface area contributed by atoms with Crippen molar-refractivity contribution >= 4 is 5.97 Å². The van der Waals surface area contributed by atoms with Crippen molar-refractivity contribution in [2.24, 2.45) is 0 Å². The van der Waals surface area contributed by atoms with Crippen LogP contribution in [-0.2, 0) is 0 Å². The summed E-state index contributed by atoms with van der Waals surface area (Å²) in [6.07, 6.45) is 1.32. The van der Waals surface area contributed by atoms with E-state index in [-0.39, 0.29) is 6.61 Å². The summed E-state index contributed by atoms with van der Waals surface area (Å²) >= 11 is 0. The van der Waals surface area contributed by atoms with Crippen LogP contribution < -0.4 is 4.74 Å². The standard InChI is InChI=1S/C10H8F2O3/c1-2-3-15-9-7(11)4-6(10(13)14)5-8(9)12/h2,4-5H,1,3H2,(H,13,14). The van der Waals surface area contributed by atoms with Gasteiger partial charge in [-0.15, -0.1) is 0 Å². The third-order valence-electron chi connectivity index (χ3n) is 1.59. The van der Waals surface area contributed by atoms with Crippen molar-refractivity contribution in [1.82, 2.24) is 0 Å². The first kappa shape index (κ1) is 11.2. The quantitative estimate of drug-likeness (QED) is 0.781. The Morgan fingerprint density at radius 2 is 2.00 bits per heavy atom. The van der Waals surface area contributed by atoms with Gasteiger partial charge in [-0.05, 0) is 12.1 Å². The van der Waals surface area contributed by atoms with Crippen LogP contribution in [-0.4, -0.2) is 17.7 Å². The lowest BCUT2D eigenvalue weighted by Crippen LogP contribution is -2.03. The highest BCUT2D eigenvalue weighted by molar-refractivity contribution is 5.87. The zero-order valence-corrected chi connectivity index (χ0v) is 7.67. The normalized spacial score (nSPS) is 9.73. The van der Waals surface area contributed by atoms with E-state index >= 15 is 0 Å². The molecule has 0 bridgehead atoms. The van der Waals surface area contributed by atoms with E-state index in [9.17, 15) is 13.6 Å². The highest BCUT2D eigenvalue weighted by Crippen LogP contribution is 2.23. The zero-order chi connectivity index (χ0) is 11.4. The summed E-state index contributed by atoms with van der Waals surface area (Å²) in [5.41, 5.74) is -0.462. The largest absolute Gasteiger partial charge is 0.483 e. The molecule has 15 heavy (non-hydrogen) atoms. The molecule has 80 valence electrons. The molecular weight excluding hydrogens is 206 g/mol. The maximum Gasteiger partial charge on any atom is 0.335 e. The van der Waals surface area contributed by atoms with Crippen LogP contribution in [0.15, 0.2) is 24.8 Å². The van der Waals surface area contributed by atoms with Gasteiger partial charge < -0.3 is 9.84 Å². The summed E-state index contributed by atoms with van der Waals surface area (Å²) in [6.45, 7) is 3.26. The van der Waals surface area contributed by atoms with Gasteiger partial charge in [0.1, 0.15) is 6.61 Å². The molecule has 1 aromatic carbocycles. The minimum absolute atomic E-state index is 0.0553. The third kappa shape index (κ3) is 2.52. The molecule has 1 rings (SSSR count). The van der Waals surface area contributed by atoms with Gasteiger partial charge >= 0.3 is 5.97 Å². The monoisotopic (exact) mass is 214 g/mol. The Bertz CT molecular complexity index is 379. The van der Waals surface area contributed by atoms with Crippen LogP contribution in [0.5, 0.6) is 5.75 Å². The van der Waals surface area contributed by atoms with E-state index in [0.717, 1.165) is 0 Å². The fourth-order valence-corrected chi connectivity index (χ4v) is 0.964. The lowest BCUT2D eigenvalue weighted by Gasteiger charge is -2.06. The first-order valence-electron chi connectivity index (χ1n) is 4.02. The summed E-state index contributed by atoms with van der Waals surface area (Å²) < 4.78 is 31.0. The summed E-state index contributed by atoms with van der Waals surface area (Å²) in [4.78, 5) is 10.4. The predicted molar refractivity (Wildman–Crippen MR) is 49.0 cm³/mol. The lowest BCUT2D eigenvalue weighted by atomic mass is 10.2. The molecule has 0 amide bonds. The van der Waals surface area contributed by atoms with Gasteiger partial charge in [0, 0.05) is 0 Å². The molecule has 0 atom stereocenters. The van der Waals surface area contributed by atoms with Gasteiger partial charge in [0.05, 0.1) is 5.56 Å². The maximum atomic E-state index is 13.1. The first-order valence-corrected chi connectivity index (χ1v) is 4.02. The average molecular weight is 214 g/mol. The minimum Gasteiger partial charge on any atom is -0.483 e. The maximum absolute atomic E-state index is 13.1. The van der Waals surface area contributed by atoms with Crippen molar-refractivity contribution in [3.05, 3.63) is 42.0 Å². The summed E-state index contributed by atoms with van der Waals surface area (Å²) in [6, 6.07) is 1.40. The van der Waals surface area contributed by atoms with E-state index in [1.165, 1.54) is 6.08 Å². The molecule has 0 aromatic heterocycles. The summed E-state index contributed by atoms with van der Waals surface area (Å²) in [5, 5.41) is 8.51. The predicted octanol–water partition coefficient (Wildman–Crippen LogP) is 2.23. The Labute approximate surface area is 84.6 Å². The number of aromatic carboxylic acids is 1. The number of hydrogen-bond donors (Lipinski definition) is 1. The van der Waals surface area contributed by atoms with Gasteiger partial charge in [-0.1, -0.05) is 12.7 Å². The van der Waals surface area contributed by atoms with E-state index in [1.807, 2.05) is 0 Å². The number of ether oxygens (including phenoxy) is 1. The Morgan fingerprint density at radius 1 is 1.47 bits per heavy atom. The average Bonchev–Trinajstić information content (AvgIpc) is 2.16. The van der Waals surface area contributed by atoms with E-state index in [2.05, 4.69) is 6.58 Å². The molecule has 0 saturated carbocycles. The van der Waals surface area contributed by atoms with Gasteiger partial charge in [0.2, 0.25) is 0 Å². The Morgan fingerprint density at radius 3 is 2.40 bits per heavy atom. The van der Waals surface area contributed by atoms with E-state index in [0.29, 0.717) is 12.1 Å². The fourth-order valence-electron chi connectivity index (χ4n) is 0.964. The molecule has 0 heterocycles. The molecule has 0 fully saturated rings. The second-order valence-corrected chi connectivity index (χ2v) is 2.67. The fraction of sp³-hybridized carbons (Fsp3) is 0.100. The molecule has 1 aromatic rings. The first-order chi connectivity index (χ1) is 7.06. The van der Waals surface area contributed by atoms with Crippen molar-refractivity contribution in [1.29, 1.82) is 0 Å². The molecule has 0 radical (unpaired) electrons. The molecule has 1 N–H and O–H groups in total. The molecule has 0 unspecified atom stereocenters. The number of rotatable bonds is 4. The molecule has 0 aliphatic carbocycles. The minimum atomic E-state index is -1.40. The number of benzene rings is 1. The van der Waals surface area contributed by atoms with Crippen LogP contribution in [0.2, 0.25) is 0 Å². The molecule has 5 heteroatoms. The number of carboxylic acid groups (broad SMARTS) is 1. The van der Waals surface area contributed by atoms with Crippen LogP contribution in [0.3, 0.4) is 0 Å². The van der Waals surface area contributed by atoms with Crippen LogP contribution in [0.25, 0.3) is 0 Å². The van der Waals surface area contributed by atoms with Crippen molar-refractivity contribution < 1.29 is 23.4 Å². The Balaban J connectivity index is 3.09. The van der Waals surface area contributed by atoms with E-state index in [4.69, 9.17) is 9.84 Å². The van der Waals surface area contributed by atoms with E-state index in [1.54, 1.807) is 0 Å². The van der Waals surface area contributed by atoms with Crippen molar-refractivity contribution in [3.8, 4) is 5.75 Å². The van der Waals surface area contributed by atoms with Crippen molar-refractivity contribution in [3.63, 3.8) is 0 Å². The van der Waals surface area contributed by atoms with E-state index < -0.39 is 28.9 Å². The lowest BCUT2D eigenvalue weighted by molar-refractivity contribution is 0.0695. The molecule has 0 aliphatic rings. The zero-order valence-electron chi connectivity index (χ0n) is 7.67. The molecule has 0 spiro atoms. The van der Waals surface area contributed by atoms with Crippen LogP contribution in [0, 0.1) is 11.6 Å². The number of hydrogen-bond acceptors (Lipinski definition) is 2. The Kier molecular flexibility index (Phi) is 3.38. The number of halogens is 2. The molecule has 0 aliphatic heterocycles. The van der Waals surface area contributed by atoms with Crippen molar-refractivity contribution in [2.45, 2.75) is 0 Å². The van der Waals surface area contributed by atoms with Crippen LogP contribution in [0.4, 0.5) is 8.78 Å². The summed E-state index contributed by atoms with van der Waals surface area (Å²) in [7, 11) is 0. The van der Waals surface area contributed by atoms with Gasteiger partial charge in [-0.3, -0.25) is 0 Å². The van der Waals surface area contributed by atoms with Crippen LogP contribution in [0.1, 0.15) is 10.4 Å². The molecule has 3 nitrogen and oxygen atoms in total. The molecular formula is C10H8F2O3. The van der Waals surface area contributed by atoms with Gasteiger partial charge in [0.15, 0.2) is 17.4 Å². The SMILES string of the molecule is C=CCOc1c(F)cc(C(=O)O)cc1F. The smallest absolute Gasteiger partial charge is 0.335 e. The Hall–Kier alpha value is -1.91. The van der Waals surface area contributed by atoms with Gasteiger partial charge in [-0.25, -0.2) is 13.6 Å². The summed E-state index contributed by atoms with van der Waals surface area (Å²) in [5.74, 6) is -4.09. The van der Waals surface area contributed by atoms with Crippen LogP contribution >= 0.6 is 0 Å². The van der Waals surface area contributed by atoms with Crippen molar-refractivity contribution in [2.75, 3.05) is 6.61 Å². The van der Waals surface area contributed by atoms with Gasteiger partial charge in [0.25, 0.3) is 0 Å². The highest BCUT2D eigenvalue weighted by atomic mass is 19.1. The highest BCUT2D eigenvalue weighted by Gasteiger charge is 2.15. The second kappa shape index (κ2) is 4.54.